The van der Waals surface area contributed by atoms with Crippen molar-refractivity contribution in [1.29, 1.82) is 5.26 Å². The summed E-state index contributed by atoms with van der Waals surface area (Å²) in [6.45, 7) is 0. The molecule has 1 aromatic carbocycles. The maximum atomic E-state index is 13.5. The monoisotopic (exact) mass is 290 g/mol. The third kappa shape index (κ3) is 3.37. The zero-order valence-electron chi connectivity index (χ0n) is 11.3. The van der Waals surface area contributed by atoms with Crippen molar-refractivity contribution in [3.63, 3.8) is 0 Å². The van der Waals surface area contributed by atoms with E-state index in [4.69, 9.17) is 10.4 Å². The van der Waals surface area contributed by atoms with Crippen LogP contribution >= 0.6 is 0 Å². The predicted molar refractivity (Wildman–Crippen MR) is 72.8 cm³/mol. The lowest BCUT2D eigenvalue weighted by molar-refractivity contribution is -0.143. The molecule has 0 radical (unpaired) electrons. The molecule has 6 heteroatoms. The minimum atomic E-state index is -0.893. The highest BCUT2D eigenvalue weighted by atomic mass is 19.1. The molecule has 2 N–H and O–H groups in total. The topological polar surface area (TPSA) is 90.2 Å². The van der Waals surface area contributed by atoms with E-state index in [0.717, 1.165) is 6.07 Å². The number of amides is 1. The maximum Gasteiger partial charge on any atom is 0.306 e. The van der Waals surface area contributed by atoms with Crippen molar-refractivity contribution >= 4 is 17.6 Å². The summed E-state index contributed by atoms with van der Waals surface area (Å²) in [5, 5.41) is 20.5. The number of carbonyl (C=O) groups is 2. The van der Waals surface area contributed by atoms with E-state index in [0.29, 0.717) is 19.3 Å². The van der Waals surface area contributed by atoms with Crippen LogP contribution in [0.2, 0.25) is 0 Å². The van der Waals surface area contributed by atoms with Crippen LogP contribution < -0.4 is 5.32 Å². The van der Waals surface area contributed by atoms with E-state index in [-0.39, 0.29) is 23.6 Å². The average molecular weight is 290 g/mol. The predicted octanol–water partition coefficient (Wildman–Crippen LogP) is 2.53. The summed E-state index contributed by atoms with van der Waals surface area (Å²) in [7, 11) is 0. The van der Waals surface area contributed by atoms with E-state index in [9.17, 15) is 14.0 Å². The number of aliphatic carboxylic acids is 1. The highest BCUT2D eigenvalue weighted by Crippen LogP contribution is 2.30. The quantitative estimate of drug-likeness (QED) is 0.895. The Morgan fingerprint density at radius 2 is 2.05 bits per heavy atom. The number of halogens is 1. The molecule has 0 heterocycles. The first-order valence-corrected chi connectivity index (χ1v) is 6.75. The van der Waals surface area contributed by atoms with Gasteiger partial charge in [-0.25, -0.2) is 4.39 Å². The number of carboxylic acid groups (broad SMARTS) is 1. The van der Waals surface area contributed by atoms with Crippen molar-refractivity contribution in [2.45, 2.75) is 25.7 Å². The second-order valence-corrected chi connectivity index (χ2v) is 5.16. The Kier molecular flexibility index (Phi) is 4.53. The minimum absolute atomic E-state index is 0.125. The number of benzene rings is 1. The fourth-order valence-electron chi connectivity index (χ4n) is 2.63. The molecule has 1 aliphatic rings. The SMILES string of the molecule is N#Cc1c(F)cccc1NC(=O)C1CCCC(C(=O)O)C1. The number of hydrogen-bond donors (Lipinski definition) is 2. The van der Waals surface area contributed by atoms with E-state index in [1.54, 1.807) is 6.07 Å². The molecule has 2 unspecified atom stereocenters. The van der Waals surface area contributed by atoms with Crippen LogP contribution in [-0.4, -0.2) is 17.0 Å². The van der Waals surface area contributed by atoms with Crippen LogP contribution in [0.4, 0.5) is 10.1 Å². The van der Waals surface area contributed by atoms with Crippen LogP contribution in [0, 0.1) is 29.0 Å². The van der Waals surface area contributed by atoms with Gasteiger partial charge in [0.05, 0.1) is 11.6 Å². The number of carbonyl (C=O) groups excluding carboxylic acids is 1. The molecule has 110 valence electrons. The summed E-state index contributed by atoms with van der Waals surface area (Å²) >= 11 is 0. The molecule has 0 spiro atoms. The fourth-order valence-corrected chi connectivity index (χ4v) is 2.63. The number of hydrogen-bond acceptors (Lipinski definition) is 3. The summed E-state index contributed by atoms with van der Waals surface area (Å²) < 4.78 is 13.5. The molecule has 0 aromatic heterocycles. The van der Waals surface area contributed by atoms with E-state index >= 15 is 0 Å². The average Bonchev–Trinajstić information content (AvgIpc) is 2.47. The van der Waals surface area contributed by atoms with Crippen LogP contribution in [0.5, 0.6) is 0 Å². The van der Waals surface area contributed by atoms with Crippen LogP contribution in [0.3, 0.4) is 0 Å². The highest BCUT2D eigenvalue weighted by molar-refractivity contribution is 5.94. The largest absolute Gasteiger partial charge is 0.481 e. The van der Waals surface area contributed by atoms with Gasteiger partial charge < -0.3 is 10.4 Å². The third-order valence-corrected chi connectivity index (χ3v) is 3.78. The molecule has 0 aliphatic heterocycles. The zero-order valence-corrected chi connectivity index (χ0v) is 11.3. The Hall–Kier alpha value is -2.42. The number of anilines is 1. The lowest BCUT2D eigenvalue weighted by atomic mass is 9.81. The lowest BCUT2D eigenvalue weighted by Crippen LogP contribution is -2.31. The molecular weight excluding hydrogens is 275 g/mol. The molecule has 1 fully saturated rings. The van der Waals surface area contributed by atoms with Crippen molar-refractivity contribution in [2.24, 2.45) is 11.8 Å². The van der Waals surface area contributed by atoms with Gasteiger partial charge in [-0.3, -0.25) is 9.59 Å². The standard InChI is InChI=1S/C15H15FN2O3/c16-12-5-2-6-13(11(12)8-17)18-14(19)9-3-1-4-10(7-9)15(20)21/h2,5-6,9-10H,1,3-4,7H2,(H,18,19)(H,20,21). The second-order valence-electron chi connectivity index (χ2n) is 5.16. The van der Waals surface area contributed by atoms with E-state index < -0.39 is 23.6 Å². The van der Waals surface area contributed by atoms with Crippen molar-refractivity contribution in [3.05, 3.63) is 29.6 Å². The number of carboxylic acids is 1. The smallest absolute Gasteiger partial charge is 0.306 e. The molecule has 0 saturated heterocycles. The Labute approximate surface area is 121 Å². The molecule has 0 bridgehead atoms. The number of nitrogens with one attached hydrogen (secondary N) is 1. The van der Waals surface area contributed by atoms with Gasteiger partial charge in [0.25, 0.3) is 0 Å². The number of nitriles is 1. The van der Waals surface area contributed by atoms with Gasteiger partial charge in [-0.2, -0.15) is 5.26 Å². The van der Waals surface area contributed by atoms with E-state index in [1.807, 2.05) is 0 Å². The maximum absolute atomic E-state index is 13.5. The lowest BCUT2D eigenvalue weighted by Gasteiger charge is -2.25. The first-order valence-electron chi connectivity index (χ1n) is 6.75. The molecule has 1 amide bonds. The molecule has 2 rings (SSSR count). The minimum Gasteiger partial charge on any atom is -0.481 e. The van der Waals surface area contributed by atoms with Crippen LogP contribution in [0.1, 0.15) is 31.2 Å². The Bertz CT molecular complexity index is 609. The molecule has 1 saturated carbocycles. The van der Waals surface area contributed by atoms with Crippen molar-refractivity contribution in [1.82, 2.24) is 0 Å². The van der Waals surface area contributed by atoms with Crippen molar-refractivity contribution in [3.8, 4) is 6.07 Å². The summed E-state index contributed by atoms with van der Waals surface area (Å²) in [4.78, 5) is 23.2. The molecule has 21 heavy (non-hydrogen) atoms. The summed E-state index contributed by atoms with van der Waals surface area (Å²) in [6, 6.07) is 5.73. The van der Waals surface area contributed by atoms with Gasteiger partial charge in [-0.15, -0.1) is 0 Å². The van der Waals surface area contributed by atoms with E-state index in [1.165, 1.54) is 12.1 Å². The third-order valence-electron chi connectivity index (χ3n) is 3.78. The van der Waals surface area contributed by atoms with Crippen molar-refractivity contribution in [2.75, 3.05) is 5.32 Å². The summed E-state index contributed by atoms with van der Waals surface area (Å²) in [5.41, 5.74) is -0.0867. The fraction of sp³-hybridized carbons (Fsp3) is 0.400. The zero-order chi connectivity index (χ0) is 15.4. The normalized spacial score (nSPS) is 21.3. The molecule has 1 aromatic rings. The van der Waals surface area contributed by atoms with Gasteiger partial charge in [0.2, 0.25) is 5.91 Å². The van der Waals surface area contributed by atoms with Gasteiger partial charge in [-0.1, -0.05) is 12.5 Å². The van der Waals surface area contributed by atoms with Gasteiger partial charge in [0.15, 0.2) is 0 Å². The molecular formula is C15H15FN2O3. The van der Waals surface area contributed by atoms with Crippen LogP contribution in [0.15, 0.2) is 18.2 Å². The van der Waals surface area contributed by atoms with Gasteiger partial charge in [0.1, 0.15) is 17.4 Å². The van der Waals surface area contributed by atoms with Gasteiger partial charge in [-0.05, 0) is 31.4 Å². The second kappa shape index (κ2) is 6.35. The highest BCUT2D eigenvalue weighted by Gasteiger charge is 2.31. The van der Waals surface area contributed by atoms with E-state index in [2.05, 4.69) is 5.32 Å². The number of nitrogens with zero attached hydrogens (tertiary/aromatic N) is 1. The molecule has 2 atom stereocenters. The summed E-state index contributed by atoms with van der Waals surface area (Å²) in [5.74, 6) is -2.88. The van der Waals surface area contributed by atoms with Crippen LogP contribution in [-0.2, 0) is 9.59 Å². The Morgan fingerprint density at radius 1 is 1.33 bits per heavy atom. The molecule has 1 aliphatic carbocycles. The first kappa shape index (κ1) is 15.0. The van der Waals surface area contributed by atoms with Crippen molar-refractivity contribution < 1.29 is 19.1 Å². The first-order chi connectivity index (χ1) is 10.0. The van der Waals surface area contributed by atoms with Gasteiger partial charge >= 0.3 is 5.97 Å². The van der Waals surface area contributed by atoms with Crippen LogP contribution in [0.25, 0.3) is 0 Å². The Morgan fingerprint density at radius 3 is 2.71 bits per heavy atom. The van der Waals surface area contributed by atoms with Gasteiger partial charge in [0, 0.05) is 5.92 Å². The summed E-state index contributed by atoms with van der Waals surface area (Å²) in [6.07, 6.45) is 2.12. The number of rotatable bonds is 3. The molecule has 5 nitrogen and oxygen atoms in total. The Balaban J connectivity index is 2.10.